The lowest BCUT2D eigenvalue weighted by atomic mass is 10.1. The van der Waals surface area contributed by atoms with Crippen LogP contribution in [0.1, 0.15) is 13.8 Å². The summed E-state index contributed by atoms with van der Waals surface area (Å²) in [7, 11) is -3.39. The first-order chi connectivity index (χ1) is 5.41. The maximum Gasteiger partial charge on any atom is 0.257 e. The van der Waals surface area contributed by atoms with Crippen LogP contribution in [0.15, 0.2) is 11.6 Å². The molecular formula is C7H11NO3S. The fourth-order valence-electron chi connectivity index (χ4n) is 0.982. The maximum atomic E-state index is 11.0. The highest BCUT2D eigenvalue weighted by atomic mass is 32.2. The number of hydrogen-bond donors (Lipinski definition) is 1. The molecule has 68 valence electrons. The molecule has 1 aliphatic rings. The molecule has 12 heavy (non-hydrogen) atoms. The van der Waals surface area contributed by atoms with Crippen LogP contribution in [0.3, 0.4) is 0 Å². The molecule has 0 aromatic heterocycles. The van der Waals surface area contributed by atoms with Crippen LogP contribution in [-0.2, 0) is 14.8 Å². The van der Waals surface area contributed by atoms with Gasteiger partial charge in [-0.1, -0.05) is 13.8 Å². The highest BCUT2D eigenvalue weighted by Crippen LogP contribution is 2.14. The zero-order chi connectivity index (χ0) is 9.35. The van der Waals surface area contributed by atoms with Crippen LogP contribution < -0.4 is 4.72 Å². The third-order valence-electron chi connectivity index (χ3n) is 1.67. The molecule has 1 heterocycles. The SMILES string of the molecule is CC(C)C1=CC(=O)NS(=O)(=O)C1. The molecule has 0 bridgehead atoms. The predicted octanol–water partition coefficient (Wildman–Crippen LogP) is 0.0284. The Morgan fingerprint density at radius 1 is 1.50 bits per heavy atom. The number of sulfonamides is 1. The van der Waals surface area contributed by atoms with Crippen LogP contribution in [0.25, 0.3) is 0 Å². The average molecular weight is 189 g/mol. The second-order valence-electron chi connectivity index (χ2n) is 3.10. The van der Waals surface area contributed by atoms with Gasteiger partial charge in [0.25, 0.3) is 5.91 Å². The van der Waals surface area contributed by atoms with Crippen LogP contribution in [0.2, 0.25) is 0 Å². The van der Waals surface area contributed by atoms with Crippen LogP contribution in [0.4, 0.5) is 0 Å². The van der Waals surface area contributed by atoms with Gasteiger partial charge in [-0.25, -0.2) is 13.1 Å². The number of hydrogen-bond acceptors (Lipinski definition) is 3. The van der Waals surface area contributed by atoms with Gasteiger partial charge in [-0.2, -0.15) is 0 Å². The normalized spacial score (nSPS) is 21.9. The standard InChI is InChI=1S/C7H11NO3S/c1-5(2)6-3-7(9)8-12(10,11)4-6/h3,5H,4H2,1-2H3,(H,8,9). The van der Waals surface area contributed by atoms with E-state index in [2.05, 4.69) is 0 Å². The number of nitrogens with one attached hydrogen (secondary N) is 1. The Morgan fingerprint density at radius 3 is 2.50 bits per heavy atom. The van der Waals surface area contributed by atoms with Gasteiger partial charge >= 0.3 is 0 Å². The van der Waals surface area contributed by atoms with Crippen molar-refractivity contribution in [3.63, 3.8) is 0 Å². The Bertz CT molecular complexity index is 327. The molecule has 1 aliphatic heterocycles. The molecule has 1 N–H and O–H groups in total. The van der Waals surface area contributed by atoms with Gasteiger partial charge < -0.3 is 0 Å². The van der Waals surface area contributed by atoms with Crippen molar-refractivity contribution in [2.75, 3.05) is 5.75 Å². The summed E-state index contributed by atoms with van der Waals surface area (Å²) in [6.07, 6.45) is 1.35. The number of carbonyl (C=O) groups excluding carboxylic acids is 1. The summed E-state index contributed by atoms with van der Waals surface area (Å²) in [6, 6.07) is 0. The molecule has 1 rings (SSSR count). The number of amides is 1. The van der Waals surface area contributed by atoms with E-state index in [0.29, 0.717) is 5.57 Å². The van der Waals surface area contributed by atoms with E-state index >= 15 is 0 Å². The smallest absolute Gasteiger partial charge is 0.257 e. The fourth-order valence-corrected chi connectivity index (χ4v) is 2.27. The summed E-state index contributed by atoms with van der Waals surface area (Å²) >= 11 is 0. The second-order valence-corrected chi connectivity index (χ2v) is 4.82. The van der Waals surface area contributed by atoms with Gasteiger partial charge in [0.1, 0.15) is 0 Å². The molecule has 0 aromatic carbocycles. The van der Waals surface area contributed by atoms with Gasteiger partial charge in [0.15, 0.2) is 0 Å². The minimum absolute atomic E-state index is 0.0591. The molecule has 0 saturated heterocycles. The lowest BCUT2D eigenvalue weighted by molar-refractivity contribution is -0.115. The van der Waals surface area contributed by atoms with Gasteiger partial charge in [0.2, 0.25) is 10.0 Å². The summed E-state index contributed by atoms with van der Waals surface area (Å²) in [5.74, 6) is -0.494. The topological polar surface area (TPSA) is 63.2 Å². The summed E-state index contributed by atoms with van der Waals surface area (Å²) in [6.45, 7) is 3.72. The lowest BCUT2D eigenvalue weighted by Gasteiger charge is -2.16. The molecule has 0 fully saturated rings. The Kier molecular flexibility index (Phi) is 2.23. The molecule has 0 aliphatic carbocycles. The van der Waals surface area contributed by atoms with Gasteiger partial charge in [0, 0.05) is 6.08 Å². The van der Waals surface area contributed by atoms with Crippen molar-refractivity contribution in [3.05, 3.63) is 11.6 Å². The zero-order valence-electron chi connectivity index (χ0n) is 6.99. The molecular weight excluding hydrogens is 178 g/mol. The Morgan fingerprint density at radius 2 is 2.08 bits per heavy atom. The zero-order valence-corrected chi connectivity index (χ0v) is 7.81. The van der Waals surface area contributed by atoms with Crippen molar-refractivity contribution in [3.8, 4) is 0 Å². The third-order valence-corrected chi connectivity index (χ3v) is 2.90. The Hall–Kier alpha value is -0.840. The first-order valence-electron chi connectivity index (χ1n) is 3.65. The number of carbonyl (C=O) groups is 1. The van der Waals surface area contributed by atoms with E-state index in [0.717, 1.165) is 0 Å². The summed E-state index contributed by atoms with van der Waals surface area (Å²) in [5, 5.41) is 0. The van der Waals surface area contributed by atoms with Gasteiger partial charge in [-0.3, -0.25) is 4.79 Å². The number of rotatable bonds is 1. The van der Waals surface area contributed by atoms with E-state index in [4.69, 9.17) is 0 Å². The van der Waals surface area contributed by atoms with E-state index in [1.54, 1.807) is 0 Å². The van der Waals surface area contributed by atoms with Crippen molar-refractivity contribution in [2.24, 2.45) is 5.92 Å². The minimum atomic E-state index is -3.39. The van der Waals surface area contributed by atoms with Crippen molar-refractivity contribution in [1.29, 1.82) is 0 Å². The van der Waals surface area contributed by atoms with Gasteiger partial charge in [-0.15, -0.1) is 0 Å². The van der Waals surface area contributed by atoms with E-state index in [1.165, 1.54) is 6.08 Å². The molecule has 0 saturated carbocycles. The van der Waals surface area contributed by atoms with Crippen molar-refractivity contribution in [2.45, 2.75) is 13.8 Å². The van der Waals surface area contributed by atoms with Crippen LogP contribution in [0.5, 0.6) is 0 Å². The van der Waals surface area contributed by atoms with Crippen molar-refractivity contribution < 1.29 is 13.2 Å². The van der Waals surface area contributed by atoms with E-state index in [-0.39, 0.29) is 11.7 Å². The largest absolute Gasteiger partial charge is 0.269 e. The first kappa shape index (κ1) is 9.25. The highest BCUT2D eigenvalue weighted by Gasteiger charge is 2.23. The first-order valence-corrected chi connectivity index (χ1v) is 5.31. The van der Waals surface area contributed by atoms with Crippen molar-refractivity contribution in [1.82, 2.24) is 4.72 Å². The summed E-state index contributed by atoms with van der Waals surface area (Å²) in [5.41, 5.74) is 0.666. The van der Waals surface area contributed by atoms with Crippen LogP contribution in [-0.4, -0.2) is 20.1 Å². The fraction of sp³-hybridized carbons (Fsp3) is 0.571. The minimum Gasteiger partial charge on any atom is -0.269 e. The van der Waals surface area contributed by atoms with E-state index in [1.807, 2.05) is 18.6 Å². The molecule has 0 spiro atoms. The second kappa shape index (κ2) is 2.90. The quantitative estimate of drug-likeness (QED) is 0.633. The monoisotopic (exact) mass is 189 g/mol. The van der Waals surface area contributed by atoms with Gasteiger partial charge in [0.05, 0.1) is 5.75 Å². The molecule has 4 nitrogen and oxygen atoms in total. The summed E-state index contributed by atoms with van der Waals surface area (Å²) < 4.78 is 23.9. The lowest BCUT2D eigenvalue weighted by Crippen LogP contribution is -2.36. The molecule has 0 unspecified atom stereocenters. The molecule has 0 radical (unpaired) electrons. The highest BCUT2D eigenvalue weighted by molar-refractivity contribution is 7.90. The third kappa shape index (κ3) is 2.07. The van der Waals surface area contributed by atoms with Crippen LogP contribution in [0, 0.1) is 5.92 Å². The van der Waals surface area contributed by atoms with E-state index < -0.39 is 15.9 Å². The Labute approximate surface area is 71.7 Å². The molecule has 0 aromatic rings. The summed E-state index contributed by atoms with van der Waals surface area (Å²) in [4.78, 5) is 10.8. The van der Waals surface area contributed by atoms with Crippen molar-refractivity contribution >= 4 is 15.9 Å². The Balaban J connectivity index is 2.99. The maximum absolute atomic E-state index is 11.0. The molecule has 5 heteroatoms. The van der Waals surface area contributed by atoms with E-state index in [9.17, 15) is 13.2 Å². The molecule has 0 atom stereocenters. The molecule has 1 amide bonds. The van der Waals surface area contributed by atoms with Gasteiger partial charge in [-0.05, 0) is 11.5 Å². The predicted molar refractivity (Wildman–Crippen MR) is 44.9 cm³/mol. The average Bonchev–Trinajstić information content (AvgIpc) is 1.82. The van der Waals surface area contributed by atoms with Crippen LogP contribution >= 0.6 is 0 Å².